The molecule has 12 heteroatoms. The minimum absolute atomic E-state index is 0.0841. The van der Waals surface area contributed by atoms with E-state index in [0.29, 0.717) is 28.8 Å². The van der Waals surface area contributed by atoms with Crippen molar-refractivity contribution in [2.75, 3.05) is 0 Å². The second kappa shape index (κ2) is 7.93. The van der Waals surface area contributed by atoms with Gasteiger partial charge in [-0.2, -0.15) is 39.9 Å². The Morgan fingerprint density at radius 2 is 1.73 bits per heavy atom. The summed E-state index contributed by atoms with van der Waals surface area (Å²) in [7, 11) is -5.74. The van der Waals surface area contributed by atoms with Gasteiger partial charge in [-0.1, -0.05) is 12.1 Å². The quantitative estimate of drug-likeness (QED) is 0.409. The molecule has 5 nitrogen and oxygen atoms in total. The molecule has 0 bridgehead atoms. The van der Waals surface area contributed by atoms with Gasteiger partial charge >= 0.3 is 21.7 Å². The van der Waals surface area contributed by atoms with Gasteiger partial charge in [0, 0.05) is 17.5 Å². The van der Waals surface area contributed by atoms with Crippen molar-refractivity contribution in [3.8, 4) is 11.3 Å². The van der Waals surface area contributed by atoms with Crippen LogP contribution in [0.25, 0.3) is 27.7 Å². The zero-order valence-corrected chi connectivity index (χ0v) is 18.2. The van der Waals surface area contributed by atoms with Crippen molar-refractivity contribution in [2.24, 2.45) is 0 Å². The molecule has 4 rings (SSSR count). The van der Waals surface area contributed by atoms with E-state index in [9.17, 15) is 34.8 Å². The molecule has 0 fully saturated rings. The van der Waals surface area contributed by atoms with Crippen LogP contribution < -0.4 is 0 Å². The summed E-state index contributed by atoms with van der Waals surface area (Å²) < 4.78 is 106. The van der Waals surface area contributed by atoms with Crippen LogP contribution in [0.15, 0.2) is 36.4 Å². The van der Waals surface area contributed by atoms with E-state index in [0.717, 1.165) is 17.2 Å². The summed E-state index contributed by atoms with van der Waals surface area (Å²) in [6, 6.07) is 6.07. The molecule has 0 unspecified atom stereocenters. The molecule has 33 heavy (non-hydrogen) atoms. The number of hydrogen-bond acceptors (Lipinski definition) is 3. The van der Waals surface area contributed by atoms with Gasteiger partial charge in [-0.25, -0.2) is 3.97 Å². The SMILES string of the molecule is CCn1nc(C(F)(F)F)cc1-c1ccc2c(c1)cc(C1=CCCCC1)n2S(=O)(=O)C(F)(F)F. The number of alkyl halides is 6. The van der Waals surface area contributed by atoms with Crippen LogP contribution in [-0.4, -0.2) is 27.7 Å². The third-order valence-corrected chi connectivity index (χ3v) is 7.03. The van der Waals surface area contributed by atoms with Crippen molar-refractivity contribution in [1.29, 1.82) is 0 Å². The minimum atomic E-state index is -5.74. The first-order chi connectivity index (χ1) is 15.3. The van der Waals surface area contributed by atoms with Crippen LogP contribution in [0.2, 0.25) is 0 Å². The van der Waals surface area contributed by atoms with Crippen LogP contribution in [0.1, 0.15) is 44.0 Å². The Labute approximate surface area is 185 Å². The number of fused-ring (bicyclic) bond motifs is 1. The van der Waals surface area contributed by atoms with Crippen LogP contribution >= 0.6 is 0 Å². The third-order valence-electron chi connectivity index (χ3n) is 5.58. The van der Waals surface area contributed by atoms with Crippen molar-refractivity contribution in [1.82, 2.24) is 13.8 Å². The molecule has 1 aliphatic carbocycles. The molecule has 0 atom stereocenters. The number of benzene rings is 1. The number of nitrogens with zero attached hydrogens (tertiary/aromatic N) is 3. The molecule has 1 aliphatic rings. The second-order valence-electron chi connectivity index (χ2n) is 7.72. The lowest BCUT2D eigenvalue weighted by atomic mass is 9.97. The molecule has 2 aromatic heterocycles. The van der Waals surface area contributed by atoms with Gasteiger partial charge in [0.15, 0.2) is 5.69 Å². The maximum absolute atomic E-state index is 13.5. The standard InChI is InChI=1S/C21H19F6N3O2S/c1-2-29-17(12-19(28-29)20(22,23)24)14-8-9-16-15(10-14)11-18(13-6-4-3-5-7-13)30(16)33(31,32)21(25,26)27/h6,8-12H,2-5,7H2,1H3. The van der Waals surface area contributed by atoms with E-state index in [2.05, 4.69) is 5.10 Å². The van der Waals surface area contributed by atoms with Crippen LogP contribution in [0, 0.1) is 0 Å². The number of rotatable bonds is 4. The molecule has 3 aromatic rings. The molecule has 1 aromatic carbocycles. The van der Waals surface area contributed by atoms with Crippen LogP contribution in [0.3, 0.4) is 0 Å². The molecule has 0 aliphatic heterocycles. The topological polar surface area (TPSA) is 56.9 Å². The number of halogens is 6. The lowest BCUT2D eigenvalue weighted by Crippen LogP contribution is -2.30. The van der Waals surface area contributed by atoms with Crippen LogP contribution in [0.5, 0.6) is 0 Å². The maximum Gasteiger partial charge on any atom is 0.517 e. The van der Waals surface area contributed by atoms with Gasteiger partial charge in [-0.15, -0.1) is 0 Å². The normalized spacial score (nSPS) is 15.8. The van der Waals surface area contributed by atoms with E-state index < -0.39 is 27.4 Å². The summed E-state index contributed by atoms with van der Waals surface area (Å²) >= 11 is 0. The van der Waals surface area contributed by atoms with Gasteiger partial charge < -0.3 is 0 Å². The zero-order chi connectivity index (χ0) is 24.2. The number of aromatic nitrogens is 3. The fraction of sp³-hybridized carbons (Fsp3) is 0.381. The van der Waals surface area contributed by atoms with E-state index in [1.54, 1.807) is 13.0 Å². The lowest BCUT2D eigenvalue weighted by molar-refractivity contribution is -0.141. The summed E-state index contributed by atoms with van der Waals surface area (Å²) in [5.74, 6) is 0. The van der Waals surface area contributed by atoms with E-state index in [1.807, 2.05) is 0 Å². The minimum Gasteiger partial charge on any atom is -0.265 e. The van der Waals surface area contributed by atoms with Crippen LogP contribution in [0.4, 0.5) is 26.3 Å². The fourth-order valence-corrected chi connectivity index (χ4v) is 5.10. The molecule has 0 spiro atoms. The highest BCUT2D eigenvalue weighted by Crippen LogP contribution is 2.38. The first-order valence-corrected chi connectivity index (χ1v) is 11.6. The van der Waals surface area contributed by atoms with Crippen molar-refractivity contribution >= 4 is 26.5 Å². The second-order valence-corrected chi connectivity index (χ2v) is 9.50. The van der Waals surface area contributed by atoms with Gasteiger partial charge in [-0.05, 0) is 62.4 Å². The van der Waals surface area contributed by atoms with Crippen molar-refractivity contribution in [2.45, 2.75) is 50.8 Å². The van der Waals surface area contributed by atoms with Gasteiger partial charge in [0.05, 0.1) is 16.9 Å². The predicted octanol–water partition coefficient (Wildman–Crippen LogP) is 6.20. The lowest BCUT2D eigenvalue weighted by Gasteiger charge is -2.17. The molecule has 178 valence electrons. The smallest absolute Gasteiger partial charge is 0.265 e. The average Bonchev–Trinajstić information content (AvgIpc) is 3.35. The van der Waals surface area contributed by atoms with Gasteiger partial charge in [0.2, 0.25) is 0 Å². The molecular formula is C21H19F6N3O2S. The monoisotopic (exact) mass is 491 g/mol. The largest absolute Gasteiger partial charge is 0.517 e. The Balaban J connectivity index is 1.95. The Hall–Kier alpha value is -2.76. The third kappa shape index (κ3) is 4.04. The van der Waals surface area contributed by atoms with Gasteiger partial charge in [0.25, 0.3) is 0 Å². The maximum atomic E-state index is 13.5. The highest BCUT2D eigenvalue weighted by molar-refractivity contribution is 7.91. The first kappa shape index (κ1) is 23.4. The molecular weight excluding hydrogens is 472 g/mol. The number of allylic oxidation sites excluding steroid dienone is 2. The molecule has 0 saturated heterocycles. The summed E-state index contributed by atoms with van der Waals surface area (Å²) in [5, 5.41) is 3.72. The highest BCUT2D eigenvalue weighted by atomic mass is 32.2. The summed E-state index contributed by atoms with van der Waals surface area (Å²) in [5.41, 5.74) is -6.01. The molecule has 2 heterocycles. The van der Waals surface area contributed by atoms with Gasteiger partial charge in [0.1, 0.15) is 0 Å². The molecule has 0 amide bonds. The highest BCUT2D eigenvalue weighted by Gasteiger charge is 2.49. The first-order valence-electron chi connectivity index (χ1n) is 10.2. The predicted molar refractivity (Wildman–Crippen MR) is 111 cm³/mol. The number of hydrogen-bond donors (Lipinski definition) is 0. The van der Waals surface area contributed by atoms with Crippen molar-refractivity contribution < 1.29 is 34.8 Å². The Kier molecular flexibility index (Phi) is 5.62. The summed E-state index contributed by atoms with van der Waals surface area (Å²) in [4.78, 5) is 0. The van der Waals surface area contributed by atoms with Crippen molar-refractivity contribution in [3.05, 3.63) is 47.8 Å². The van der Waals surface area contributed by atoms with E-state index >= 15 is 0 Å². The fourth-order valence-electron chi connectivity index (χ4n) is 4.04. The Morgan fingerprint density at radius 3 is 2.30 bits per heavy atom. The van der Waals surface area contributed by atoms with Gasteiger partial charge in [-0.3, -0.25) is 4.68 Å². The van der Waals surface area contributed by atoms with Crippen molar-refractivity contribution in [3.63, 3.8) is 0 Å². The molecule has 0 radical (unpaired) electrons. The van der Waals surface area contributed by atoms with E-state index in [-0.39, 0.29) is 34.4 Å². The molecule has 0 saturated carbocycles. The summed E-state index contributed by atoms with van der Waals surface area (Å²) in [6.07, 6.45) is -0.339. The van der Waals surface area contributed by atoms with E-state index in [4.69, 9.17) is 0 Å². The summed E-state index contributed by atoms with van der Waals surface area (Å²) in [6.45, 7) is 1.74. The Bertz CT molecular complexity index is 1350. The van der Waals surface area contributed by atoms with E-state index in [1.165, 1.54) is 24.3 Å². The average molecular weight is 491 g/mol. The number of aryl methyl sites for hydroxylation is 1. The van der Waals surface area contributed by atoms with Crippen LogP contribution in [-0.2, 0) is 22.7 Å². The Morgan fingerprint density at radius 1 is 1.00 bits per heavy atom. The zero-order valence-electron chi connectivity index (χ0n) is 17.3. The molecule has 0 N–H and O–H groups in total.